The second-order valence-corrected chi connectivity index (χ2v) is 7.70. The Morgan fingerprint density at radius 2 is 2.12 bits per heavy atom. The number of ether oxygens (including phenoxy) is 1. The molecule has 1 aliphatic heterocycles. The van der Waals surface area contributed by atoms with Crippen molar-refractivity contribution in [1.29, 1.82) is 0 Å². The first kappa shape index (κ1) is 19.0. The summed E-state index contributed by atoms with van der Waals surface area (Å²) >= 11 is 0. The van der Waals surface area contributed by atoms with Crippen LogP contribution in [0.15, 0.2) is 18.2 Å². The van der Waals surface area contributed by atoms with Crippen LogP contribution in [0.1, 0.15) is 30.1 Å². The smallest absolute Gasteiger partial charge is 0.337 e. The predicted octanol–water partition coefficient (Wildman–Crippen LogP) is 1.54. The van der Waals surface area contributed by atoms with Crippen molar-refractivity contribution in [2.75, 3.05) is 35.6 Å². The number of carboxylic acid groups (broad SMARTS) is 1. The normalized spacial score (nSPS) is 17.8. The quantitative estimate of drug-likeness (QED) is 0.730. The molecule has 9 heteroatoms. The van der Waals surface area contributed by atoms with Gasteiger partial charge in [0.1, 0.15) is 0 Å². The number of carbonyl (C=O) groups is 2. The number of hydrogen-bond donors (Lipinski definition) is 2. The zero-order valence-corrected chi connectivity index (χ0v) is 15.0. The summed E-state index contributed by atoms with van der Waals surface area (Å²) < 4.78 is 30.0. The standard InChI is InChI=1S/C16H22N2O6S/c1-3-24-16(21)11-5-4-8-18(10-11)14-7-6-12(17-25(2,22)23)9-13(14)15(19)20/h6-7,9,11,17H,3-5,8,10H2,1-2H3,(H,19,20)/t11-/m0/s1. The topological polar surface area (TPSA) is 113 Å². The highest BCUT2D eigenvalue weighted by molar-refractivity contribution is 7.92. The Hall–Kier alpha value is -2.29. The molecule has 1 saturated heterocycles. The van der Waals surface area contributed by atoms with Crippen molar-refractivity contribution < 1.29 is 27.9 Å². The van der Waals surface area contributed by atoms with Crippen molar-refractivity contribution in [3.05, 3.63) is 23.8 Å². The minimum Gasteiger partial charge on any atom is -0.478 e. The molecule has 0 amide bonds. The van der Waals surface area contributed by atoms with Crippen LogP contribution >= 0.6 is 0 Å². The van der Waals surface area contributed by atoms with E-state index in [9.17, 15) is 23.1 Å². The molecule has 1 heterocycles. The van der Waals surface area contributed by atoms with Crippen molar-refractivity contribution in [3.8, 4) is 0 Å². The maximum atomic E-state index is 12.0. The lowest BCUT2D eigenvalue weighted by molar-refractivity contribution is -0.148. The lowest BCUT2D eigenvalue weighted by Gasteiger charge is -2.34. The summed E-state index contributed by atoms with van der Waals surface area (Å²) in [6.07, 6.45) is 2.44. The van der Waals surface area contributed by atoms with E-state index in [1.807, 2.05) is 4.90 Å². The van der Waals surface area contributed by atoms with E-state index in [2.05, 4.69) is 4.72 Å². The summed E-state index contributed by atoms with van der Waals surface area (Å²) in [5, 5.41) is 9.48. The van der Waals surface area contributed by atoms with Crippen LogP contribution in [0.4, 0.5) is 11.4 Å². The van der Waals surface area contributed by atoms with Gasteiger partial charge in [-0.25, -0.2) is 13.2 Å². The van der Waals surface area contributed by atoms with Crippen molar-refractivity contribution in [3.63, 3.8) is 0 Å². The molecular formula is C16H22N2O6S. The Balaban J connectivity index is 2.28. The van der Waals surface area contributed by atoms with Crippen LogP contribution in [-0.2, 0) is 19.6 Å². The molecule has 0 spiro atoms. The number of esters is 1. The second-order valence-electron chi connectivity index (χ2n) is 5.95. The number of anilines is 2. The molecular weight excluding hydrogens is 348 g/mol. The Morgan fingerprint density at radius 1 is 1.40 bits per heavy atom. The van der Waals surface area contributed by atoms with Gasteiger partial charge in [-0.2, -0.15) is 0 Å². The molecule has 138 valence electrons. The van der Waals surface area contributed by atoms with E-state index in [1.54, 1.807) is 13.0 Å². The maximum Gasteiger partial charge on any atom is 0.337 e. The summed E-state index contributed by atoms with van der Waals surface area (Å²) in [6, 6.07) is 4.36. The molecule has 8 nitrogen and oxygen atoms in total. The van der Waals surface area contributed by atoms with Gasteiger partial charge < -0.3 is 14.7 Å². The Labute approximate surface area is 146 Å². The van der Waals surface area contributed by atoms with Crippen molar-refractivity contribution in [2.45, 2.75) is 19.8 Å². The number of sulfonamides is 1. The Kier molecular flexibility index (Phi) is 5.89. The Bertz CT molecular complexity index is 762. The van der Waals surface area contributed by atoms with E-state index >= 15 is 0 Å². The van der Waals surface area contributed by atoms with Crippen LogP contribution in [-0.4, -0.2) is 51.4 Å². The van der Waals surface area contributed by atoms with E-state index in [-0.39, 0.29) is 23.1 Å². The highest BCUT2D eigenvalue weighted by Crippen LogP contribution is 2.29. The molecule has 25 heavy (non-hydrogen) atoms. The van der Waals surface area contributed by atoms with E-state index < -0.39 is 16.0 Å². The zero-order chi connectivity index (χ0) is 18.6. The lowest BCUT2D eigenvalue weighted by Crippen LogP contribution is -2.40. The fourth-order valence-electron chi connectivity index (χ4n) is 2.91. The number of carboxylic acids is 1. The van der Waals surface area contributed by atoms with Crippen LogP contribution in [0.2, 0.25) is 0 Å². The summed E-state index contributed by atoms with van der Waals surface area (Å²) in [5.41, 5.74) is 0.626. The molecule has 2 rings (SSSR count). The third-order valence-electron chi connectivity index (χ3n) is 3.91. The summed E-state index contributed by atoms with van der Waals surface area (Å²) in [7, 11) is -3.50. The van der Waals surface area contributed by atoms with Gasteiger partial charge in [-0.1, -0.05) is 0 Å². The van der Waals surface area contributed by atoms with Gasteiger partial charge in [0, 0.05) is 18.8 Å². The van der Waals surface area contributed by atoms with Gasteiger partial charge in [0.15, 0.2) is 0 Å². The fraction of sp³-hybridized carbons (Fsp3) is 0.500. The third-order valence-corrected chi connectivity index (χ3v) is 4.52. The minimum absolute atomic E-state index is 0.0156. The van der Waals surface area contributed by atoms with Crippen molar-refractivity contribution >= 4 is 33.3 Å². The first-order valence-electron chi connectivity index (χ1n) is 7.98. The molecule has 0 aromatic heterocycles. The van der Waals surface area contributed by atoms with Gasteiger partial charge in [-0.3, -0.25) is 9.52 Å². The Morgan fingerprint density at radius 3 is 2.72 bits per heavy atom. The van der Waals surface area contributed by atoms with Gasteiger partial charge >= 0.3 is 11.9 Å². The van der Waals surface area contributed by atoms with E-state index in [0.717, 1.165) is 12.7 Å². The molecule has 1 aromatic carbocycles. The molecule has 0 unspecified atom stereocenters. The van der Waals surface area contributed by atoms with Crippen LogP contribution in [0, 0.1) is 5.92 Å². The average molecular weight is 370 g/mol. The van der Waals surface area contributed by atoms with Crippen LogP contribution < -0.4 is 9.62 Å². The fourth-order valence-corrected chi connectivity index (χ4v) is 3.46. The van der Waals surface area contributed by atoms with Gasteiger partial charge in [-0.15, -0.1) is 0 Å². The molecule has 1 fully saturated rings. The molecule has 1 aromatic rings. The van der Waals surface area contributed by atoms with Gasteiger partial charge in [0.2, 0.25) is 10.0 Å². The summed E-state index contributed by atoms with van der Waals surface area (Å²) in [6.45, 7) is 3.04. The third kappa shape index (κ3) is 5.09. The highest BCUT2D eigenvalue weighted by atomic mass is 32.2. The SMILES string of the molecule is CCOC(=O)[C@H]1CCCN(c2ccc(NS(C)(=O)=O)cc2C(=O)O)C1. The average Bonchev–Trinajstić information content (AvgIpc) is 2.53. The number of piperidine rings is 1. The highest BCUT2D eigenvalue weighted by Gasteiger charge is 2.29. The number of nitrogens with one attached hydrogen (secondary N) is 1. The van der Waals surface area contributed by atoms with Crippen molar-refractivity contribution in [1.82, 2.24) is 0 Å². The van der Waals surface area contributed by atoms with Gasteiger partial charge in [-0.05, 0) is 38.0 Å². The number of nitrogens with zero attached hydrogens (tertiary/aromatic N) is 1. The number of hydrogen-bond acceptors (Lipinski definition) is 6. The molecule has 0 saturated carbocycles. The monoisotopic (exact) mass is 370 g/mol. The van der Waals surface area contributed by atoms with E-state index in [4.69, 9.17) is 4.74 Å². The van der Waals surface area contributed by atoms with Crippen LogP contribution in [0.3, 0.4) is 0 Å². The van der Waals surface area contributed by atoms with Crippen LogP contribution in [0.25, 0.3) is 0 Å². The molecule has 0 radical (unpaired) electrons. The molecule has 2 N–H and O–H groups in total. The number of carbonyl (C=O) groups excluding carboxylic acids is 1. The minimum atomic E-state index is -3.50. The van der Waals surface area contributed by atoms with Crippen LogP contribution in [0.5, 0.6) is 0 Å². The number of aromatic carboxylic acids is 1. The van der Waals surface area contributed by atoms with Gasteiger partial charge in [0.25, 0.3) is 0 Å². The zero-order valence-electron chi connectivity index (χ0n) is 14.2. The molecule has 0 bridgehead atoms. The molecule has 0 aliphatic carbocycles. The molecule has 1 aliphatic rings. The number of rotatable bonds is 6. The van der Waals surface area contributed by atoms with E-state index in [1.165, 1.54) is 12.1 Å². The van der Waals surface area contributed by atoms with E-state index in [0.29, 0.717) is 31.8 Å². The summed E-state index contributed by atoms with van der Waals surface area (Å²) in [5.74, 6) is -1.74. The maximum absolute atomic E-state index is 12.0. The first-order chi connectivity index (χ1) is 11.7. The largest absolute Gasteiger partial charge is 0.478 e. The second kappa shape index (κ2) is 7.73. The van der Waals surface area contributed by atoms with Gasteiger partial charge in [0.05, 0.1) is 30.0 Å². The predicted molar refractivity (Wildman–Crippen MR) is 93.4 cm³/mol. The van der Waals surface area contributed by atoms with Crippen molar-refractivity contribution in [2.24, 2.45) is 5.92 Å². The molecule has 1 atom stereocenters. The lowest BCUT2D eigenvalue weighted by atomic mass is 9.97. The summed E-state index contributed by atoms with van der Waals surface area (Å²) in [4.78, 5) is 25.4. The first-order valence-corrected chi connectivity index (χ1v) is 9.87. The number of benzene rings is 1.